The number of hydrogen-bond donors (Lipinski definition) is 0. The summed E-state index contributed by atoms with van der Waals surface area (Å²) in [5, 5.41) is 2.38. The fourth-order valence-electron chi connectivity index (χ4n) is 4.22. The monoisotopic (exact) mass is 439 g/mol. The summed E-state index contributed by atoms with van der Waals surface area (Å²) >= 11 is 4.70. The lowest BCUT2D eigenvalue weighted by atomic mass is 10.2. The van der Waals surface area contributed by atoms with Crippen LogP contribution in [0.2, 0.25) is 0 Å². The molecular weight excluding hydrogens is 413 g/mol. The molecule has 8 heteroatoms. The van der Waals surface area contributed by atoms with E-state index in [-0.39, 0.29) is 11.5 Å². The van der Waals surface area contributed by atoms with E-state index in [0.717, 1.165) is 62.3 Å². The van der Waals surface area contributed by atoms with Gasteiger partial charge in [-0.15, -0.1) is 0 Å². The maximum absolute atomic E-state index is 13.1. The predicted octanol–water partition coefficient (Wildman–Crippen LogP) is 3.82. The highest BCUT2D eigenvalue weighted by molar-refractivity contribution is 7.78. The average Bonchev–Trinajstić information content (AvgIpc) is 3.02. The van der Waals surface area contributed by atoms with Crippen molar-refractivity contribution in [2.24, 2.45) is 12.0 Å². The summed E-state index contributed by atoms with van der Waals surface area (Å²) < 4.78 is 16.6. The van der Waals surface area contributed by atoms with Crippen molar-refractivity contribution in [1.82, 2.24) is 14.0 Å². The van der Waals surface area contributed by atoms with Gasteiger partial charge in [0.1, 0.15) is 5.82 Å². The molecule has 0 atom stereocenters. The van der Waals surface area contributed by atoms with E-state index in [0.29, 0.717) is 12.2 Å². The third-order valence-electron chi connectivity index (χ3n) is 5.97. The van der Waals surface area contributed by atoms with Crippen LogP contribution in [0.5, 0.6) is 0 Å². The summed E-state index contributed by atoms with van der Waals surface area (Å²) in [4.78, 5) is 21.5. The van der Waals surface area contributed by atoms with Gasteiger partial charge in [-0.1, -0.05) is 0 Å². The van der Waals surface area contributed by atoms with Gasteiger partial charge in [0, 0.05) is 45.5 Å². The van der Waals surface area contributed by atoms with E-state index in [4.69, 9.17) is 12.2 Å². The Bertz CT molecular complexity index is 1160. The van der Waals surface area contributed by atoms with Gasteiger partial charge in [-0.2, -0.15) is 4.99 Å². The minimum absolute atomic E-state index is 0.00797. The molecule has 0 spiro atoms. The Kier molecular flexibility index (Phi) is 6.61. The number of aromatic nitrogens is 2. The van der Waals surface area contributed by atoms with Crippen molar-refractivity contribution in [2.75, 3.05) is 37.6 Å². The van der Waals surface area contributed by atoms with Crippen LogP contribution in [0.25, 0.3) is 11.0 Å². The first-order valence-corrected chi connectivity index (χ1v) is 11.0. The Hall–Kier alpha value is -2.80. The number of piperazine rings is 1. The van der Waals surface area contributed by atoms with Crippen molar-refractivity contribution in [1.29, 1.82) is 0 Å². The molecule has 0 N–H and O–H groups in total. The molecule has 0 saturated carbocycles. The number of imidazole rings is 1. The van der Waals surface area contributed by atoms with Crippen LogP contribution in [0.4, 0.5) is 15.8 Å². The number of unbranched alkanes of at least 4 members (excludes halogenated alkanes) is 1. The fraction of sp³-hybridized carbons (Fsp3) is 0.391. The largest absolute Gasteiger partial charge is 0.369 e. The normalized spacial score (nSPS) is 14.7. The number of nitrogens with zero attached hydrogens (tertiary/aromatic N) is 5. The van der Waals surface area contributed by atoms with Gasteiger partial charge in [0.15, 0.2) is 0 Å². The molecule has 1 fully saturated rings. The molecule has 1 saturated heterocycles. The summed E-state index contributed by atoms with van der Waals surface area (Å²) in [6.07, 6.45) is 1.95. The van der Waals surface area contributed by atoms with Gasteiger partial charge in [0.05, 0.1) is 21.9 Å². The molecule has 3 aromatic rings. The number of fused-ring (bicyclic) bond motifs is 1. The van der Waals surface area contributed by atoms with E-state index < -0.39 is 0 Å². The highest BCUT2D eigenvalue weighted by atomic mass is 32.1. The van der Waals surface area contributed by atoms with Crippen LogP contribution >= 0.6 is 12.2 Å². The minimum Gasteiger partial charge on any atom is -0.369 e. The average molecular weight is 440 g/mol. The van der Waals surface area contributed by atoms with Crippen LogP contribution in [-0.2, 0) is 13.6 Å². The number of hydrogen-bond acceptors (Lipinski definition) is 5. The number of halogens is 1. The molecule has 1 aliphatic rings. The van der Waals surface area contributed by atoms with E-state index in [9.17, 15) is 9.18 Å². The zero-order valence-electron chi connectivity index (χ0n) is 17.6. The van der Waals surface area contributed by atoms with Gasteiger partial charge >= 0.3 is 5.69 Å². The summed E-state index contributed by atoms with van der Waals surface area (Å²) in [6, 6.07) is 12.4. The van der Waals surface area contributed by atoms with Crippen LogP contribution in [0.3, 0.4) is 0 Å². The highest BCUT2D eigenvalue weighted by Crippen LogP contribution is 2.21. The molecular formula is C23H26FN5OS. The van der Waals surface area contributed by atoms with Crippen molar-refractivity contribution < 1.29 is 4.39 Å². The number of benzene rings is 2. The van der Waals surface area contributed by atoms with E-state index in [1.165, 1.54) is 12.1 Å². The number of isothiocyanates is 1. The van der Waals surface area contributed by atoms with E-state index in [1.807, 2.05) is 34.9 Å². The molecule has 162 valence electrons. The van der Waals surface area contributed by atoms with Crippen molar-refractivity contribution >= 4 is 39.8 Å². The van der Waals surface area contributed by atoms with Crippen molar-refractivity contribution in [3.8, 4) is 0 Å². The topological polar surface area (TPSA) is 45.8 Å². The van der Waals surface area contributed by atoms with E-state index >= 15 is 0 Å². The van der Waals surface area contributed by atoms with Crippen LogP contribution < -0.4 is 10.6 Å². The summed E-state index contributed by atoms with van der Waals surface area (Å²) in [5.41, 5.74) is 3.55. The zero-order valence-corrected chi connectivity index (χ0v) is 18.4. The second-order valence-corrected chi connectivity index (χ2v) is 8.06. The highest BCUT2D eigenvalue weighted by Gasteiger charge is 2.17. The van der Waals surface area contributed by atoms with E-state index in [1.54, 1.807) is 11.6 Å². The molecule has 0 bridgehead atoms. The first kappa shape index (κ1) is 21.4. The maximum atomic E-state index is 13.1. The van der Waals surface area contributed by atoms with Gasteiger partial charge < -0.3 is 4.90 Å². The Labute approximate surface area is 186 Å². The molecule has 0 aliphatic carbocycles. The van der Waals surface area contributed by atoms with Crippen molar-refractivity contribution in [3.63, 3.8) is 0 Å². The molecule has 0 unspecified atom stereocenters. The number of thiocarbonyl (C=S) groups is 1. The Morgan fingerprint density at radius 1 is 1.00 bits per heavy atom. The van der Waals surface area contributed by atoms with Crippen LogP contribution in [0, 0.1) is 5.82 Å². The first-order chi connectivity index (χ1) is 15.1. The van der Waals surface area contributed by atoms with Crippen LogP contribution in [-0.4, -0.2) is 51.9 Å². The third-order valence-corrected chi connectivity index (χ3v) is 6.07. The van der Waals surface area contributed by atoms with Gasteiger partial charge in [-0.05, 0) is 74.1 Å². The molecule has 0 radical (unpaired) electrons. The lowest BCUT2D eigenvalue weighted by molar-refractivity contribution is 0.251. The van der Waals surface area contributed by atoms with Crippen molar-refractivity contribution in [2.45, 2.75) is 19.4 Å². The number of rotatable bonds is 7. The summed E-state index contributed by atoms with van der Waals surface area (Å²) in [5.74, 6) is -0.199. The molecule has 2 aromatic carbocycles. The number of aliphatic imine (C=N–C) groups is 1. The van der Waals surface area contributed by atoms with Crippen LogP contribution in [0.15, 0.2) is 52.3 Å². The third kappa shape index (κ3) is 4.77. The number of aryl methyl sites for hydroxylation is 2. The number of anilines is 1. The Balaban J connectivity index is 1.30. The Morgan fingerprint density at radius 3 is 2.42 bits per heavy atom. The SMILES string of the molecule is Cn1c(=O)n(CCCCN2CCN(c3ccc(F)cc3)CC2)c2cc(N=C=S)ccc21. The lowest BCUT2D eigenvalue weighted by Crippen LogP contribution is -2.46. The molecule has 6 nitrogen and oxygen atoms in total. The smallest absolute Gasteiger partial charge is 0.328 e. The van der Waals surface area contributed by atoms with Gasteiger partial charge in [0.2, 0.25) is 0 Å². The molecule has 1 aromatic heterocycles. The van der Waals surface area contributed by atoms with Gasteiger partial charge in [0.25, 0.3) is 0 Å². The van der Waals surface area contributed by atoms with Crippen LogP contribution in [0.1, 0.15) is 12.8 Å². The molecule has 4 rings (SSSR count). The van der Waals surface area contributed by atoms with Gasteiger partial charge in [-0.25, -0.2) is 9.18 Å². The minimum atomic E-state index is -0.199. The molecule has 2 heterocycles. The second kappa shape index (κ2) is 9.56. The standard InChI is InChI=1S/C23H26FN5OS/c1-26-21-9-6-19(25-17-31)16-22(21)29(23(26)30)11-3-2-10-27-12-14-28(15-13-27)20-7-4-18(24)5-8-20/h4-9,16H,2-3,10-15H2,1H3. The predicted molar refractivity (Wildman–Crippen MR) is 126 cm³/mol. The molecule has 31 heavy (non-hydrogen) atoms. The van der Waals surface area contributed by atoms with Gasteiger partial charge in [-0.3, -0.25) is 14.0 Å². The molecule has 0 amide bonds. The Morgan fingerprint density at radius 2 is 1.71 bits per heavy atom. The zero-order chi connectivity index (χ0) is 21.8. The van der Waals surface area contributed by atoms with E-state index in [2.05, 4.69) is 20.0 Å². The second-order valence-electron chi connectivity index (χ2n) is 7.88. The summed E-state index contributed by atoms with van der Waals surface area (Å²) in [6.45, 7) is 5.55. The fourth-order valence-corrected chi connectivity index (χ4v) is 4.33. The summed E-state index contributed by atoms with van der Waals surface area (Å²) in [7, 11) is 1.80. The van der Waals surface area contributed by atoms with Crippen molar-refractivity contribution in [3.05, 3.63) is 58.8 Å². The molecule has 1 aliphatic heterocycles. The maximum Gasteiger partial charge on any atom is 0.328 e. The lowest BCUT2D eigenvalue weighted by Gasteiger charge is -2.36. The first-order valence-electron chi connectivity index (χ1n) is 10.6. The quantitative estimate of drug-likeness (QED) is 0.319.